The molecule has 6 rings (SSSR count). The van der Waals surface area contributed by atoms with Crippen LogP contribution in [0.3, 0.4) is 0 Å². The molecule has 0 fully saturated rings. The molecule has 9 nitrogen and oxygen atoms in total. The monoisotopic (exact) mass is 537 g/mol. The first-order chi connectivity index (χ1) is 19.4. The summed E-state index contributed by atoms with van der Waals surface area (Å²) in [5.41, 5.74) is 5.09. The molecule has 5 aromatic rings. The van der Waals surface area contributed by atoms with Crippen molar-refractivity contribution in [2.24, 2.45) is 0 Å². The van der Waals surface area contributed by atoms with Crippen molar-refractivity contribution < 1.29 is 28.6 Å². The minimum Gasteiger partial charge on any atom is -0.480 e. The second kappa shape index (κ2) is 10.3. The van der Waals surface area contributed by atoms with Gasteiger partial charge in [0.15, 0.2) is 0 Å². The lowest BCUT2D eigenvalue weighted by molar-refractivity contribution is -0.152. The largest absolute Gasteiger partial charge is 0.480 e. The highest BCUT2D eigenvalue weighted by Gasteiger charge is 2.39. The number of fused-ring (bicyclic) bond motifs is 4. The van der Waals surface area contributed by atoms with Crippen molar-refractivity contribution in [3.05, 3.63) is 102 Å². The number of nitrogens with one attached hydrogen (secondary N) is 1. The Morgan fingerprint density at radius 1 is 1.05 bits per heavy atom. The smallest absolute Gasteiger partial charge is 0.408 e. The molecule has 3 aromatic carbocycles. The van der Waals surface area contributed by atoms with Gasteiger partial charge in [0.25, 0.3) is 0 Å². The Kier molecular flexibility index (Phi) is 6.47. The Hall–Kier alpha value is -5.05. The predicted octanol–water partition coefficient (Wildman–Crippen LogP) is 5.03. The van der Waals surface area contributed by atoms with Gasteiger partial charge in [-0.05, 0) is 48.4 Å². The van der Waals surface area contributed by atoms with E-state index in [4.69, 9.17) is 9.15 Å². The van der Waals surface area contributed by atoms with Gasteiger partial charge in [0, 0.05) is 28.6 Å². The second-order valence-corrected chi connectivity index (χ2v) is 9.87. The number of aromatic nitrogens is 1. The number of hydrogen-bond donors (Lipinski definition) is 2. The van der Waals surface area contributed by atoms with Gasteiger partial charge in [0.1, 0.15) is 24.3 Å². The van der Waals surface area contributed by atoms with E-state index in [1.807, 2.05) is 78.9 Å². The average Bonchev–Trinajstić information content (AvgIpc) is 3.57. The summed E-state index contributed by atoms with van der Waals surface area (Å²) >= 11 is 0. The molecular weight excluding hydrogens is 510 g/mol. The van der Waals surface area contributed by atoms with Gasteiger partial charge in [-0.15, -0.1) is 0 Å². The maximum atomic E-state index is 13.6. The number of carboxylic acids is 1. The van der Waals surface area contributed by atoms with Crippen LogP contribution in [0.15, 0.2) is 89.5 Å². The Bertz CT molecular complexity index is 1740. The van der Waals surface area contributed by atoms with Gasteiger partial charge in [0.05, 0.1) is 18.3 Å². The van der Waals surface area contributed by atoms with Crippen molar-refractivity contribution in [3.8, 4) is 5.69 Å². The lowest BCUT2D eigenvalue weighted by Crippen LogP contribution is -2.55. The Morgan fingerprint density at radius 3 is 2.62 bits per heavy atom. The first-order valence-corrected chi connectivity index (χ1v) is 13.0. The van der Waals surface area contributed by atoms with Crippen molar-refractivity contribution in [2.45, 2.75) is 38.6 Å². The van der Waals surface area contributed by atoms with Gasteiger partial charge in [0.2, 0.25) is 5.91 Å². The highest BCUT2D eigenvalue weighted by molar-refractivity contribution is 5.93. The van der Waals surface area contributed by atoms with Crippen molar-refractivity contribution in [1.29, 1.82) is 0 Å². The minimum absolute atomic E-state index is 0.0551. The fraction of sp³-hybridized carbons (Fsp3) is 0.194. The van der Waals surface area contributed by atoms with Gasteiger partial charge in [-0.1, -0.05) is 48.5 Å². The number of furan rings is 1. The van der Waals surface area contributed by atoms with Crippen molar-refractivity contribution in [2.75, 3.05) is 0 Å². The summed E-state index contributed by atoms with van der Waals surface area (Å²) in [5, 5.41) is 14.6. The fourth-order valence-corrected chi connectivity index (χ4v) is 5.42. The number of ether oxygens (including phenoxy) is 1. The summed E-state index contributed by atoms with van der Waals surface area (Å²) in [6.45, 7) is 1.65. The molecule has 0 radical (unpaired) electrons. The summed E-state index contributed by atoms with van der Waals surface area (Å²) in [7, 11) is 0. The number of alkyl carbamates (subject to hydrolysis) is 1. The summed E-state index contributed by atoms with van der Waals surface area (Å²) in [6, 6.07) is 22.7. The van der Waals surface area contributed by atoms with E-state index < -0.39 is 30.1 Å². The van der Waals surface area contributed by atoms with Crippen LogP contribution in [0.25, 0.3) is 27.6 Å². The van der Waals surface area contributed by atoms with Gasteiger partial charge >= 0.3 is 12.1 Å². The average molecular weight is 538 g/mol. The number of rotatable bonds is 6. The Labute approximate surface area is 229 Å². The third kappa shape index (κ3) is 4.55. The van der Waals surface area contributed by atoms with Crippen LogP contribution >= 0.6 is 0 Å². The van der Waals surface area contributed by atoms with E-state index in [9.17, 15) is 19.5 Å². The van der Waals surface area contributed by atoms with Crippen LogP contribution in [0.1, 0.15) is 23.7 Å². The second-order valence-electron chi connectivity index (χ2n) is 9.87. The molecule has 0 saturated carbocycles. The van der Waals surface area contributed by atoms with E-state index in [0.29, 0.717) is 0 Å². The number of carboxylic acid groups (broad SMARTS) is 1. The standard InChI is InChI=1S/C31H27N3O6/c1-19(32-31(38)40-18-20-7-3-2-4-8-20)29(35)33-17-27-24(16-26(33)30(36)37)23-9-5-6-10-25(23)34(27)22-11-12-28-21(15-22)13-14-39-28/h2-15,19,26H,16-18H2,1H3,(H,32,38)(H,36,37)/t19-,26?/m0/s1. The van der Waals surface area contributed by atoms with Gasteiger partial charge in [-0.2, -0.15) is 0 Å². The minimum atomic E-state index is -1.10. The summed E-state index contributed by atoms with van der Waals surface area (Å²) in [5.74, 6) is -1.61. The lowest BCUT2D eigenvalue weighted by atomic mass is 9.96. The Balaban J connectivity index is 1.31. The number of hydrogen-bond acceptors (Lipinski definition) is 5. The third-order valence-corrected chi connectivity index (χ3v) is 7.36. The molecule has 2 amide bonds. The number of nitrogens with zero attached hydrogens (tertiary/aromatic N) is 2. The summed E-state index contributed by atoms with van der Waals surface area (Å²) < 4.78 is 12.8. The number of aliphatic carboxylic acids is 1. The summed E-state index contributed by atoms with van der Waals surface area (Å²) in [4.78, 5) is 39.8. The molecule has 1 unspecified atom stereocenters. The molecule has 202 valence electrons. The molecule has 40 heavy (non-hydrogen) atoms. The molecule has 2 aromatic heterocycles. The van der Waals surface area contributed by atoms with Gasteiger partial charge in [-0.25, -0.2) is 9.59 Å². The molecule has 2 N–H and O–H groups in total. The van der Waals surface area contributed by atoms with Gasteiger partial charge < -0.3 is 29.0 Å². The van der Waals surface area contributed by atoms with Crippen LogP contribution in [0.2, 0.25) is 0 Å². The topological polar surface area (TPSA) is 114 Å². The van der Waals surface area contributed by atoms with Crippen LogP contribution < -0.4 is 5.32 Å². The normalized spacial score (nSPS) is 15.5. The molecule has 9 heteroatoms. The van der Waals surface area contributed by atoms with Crippen molar-refractivity contribution >= 4 is 39.8 Å². The first kappa shape index (κ1) is 25.2. The number of amides is 2. The number of para-hydroxylation sites is 1. The fourth-order valence-electron chi connectivity index (χ4n) is 5.42. The molecule has 0 aliphatic carbocycles. The first-order valence-electron chi connectivity index (χ1n) is 13.0. The lowest BCUT2D eigenvalue weighted by Gasteiger charge is -2.35. The van der Waals surface area contributed by atoms with Crippen LogP contribution in [-0.2, 0) is 33.9 Å². The highest BCUT2D eigenvalue weighted by atomic mass is 16.5. The van der Waals surface area contributed by atoms with E-state index in [0.717, 1.165) is 44.4 Å². The van der Waals surface area contributed by atoms with Crippen LogP contribution in [0, 0.1) is 0 Å². The molecule has 0 spiro atoms. The molecule has 2 atom stereocenters. The molecule has 1 aliphatic rings. The zero-order valence-electron chi connectivity index (χ0n) is 21.7. The molecule has 1 aliphatic heterocycles. The zero-order valence-corrected chi connectivity index (χ0v) is 21.7. The quantitative estimate of drug-likeness (QED) is 0.314. The number of carbonyl (C=O) groups is 3. The summed E-state index contributed by atoms with van der Waals surface area (Å²) in [6.07, 6.45) is 1.02. The third-order valence-electron chi connectivity index (χ3n) is 7.36. The molecular formula is C31H27N3O6. The van der Waals surface area contributed by atoms with Crippen LogP contribution in [0.4, 0.5) is 4.79 Å². The Morgan fingerprint density at radius 2 is 1.82 bits per heavy atom. The van der Waals surface area contributed by atoms with Crippen molar-refractivity contribution in [3.63, 3.8) is 0 Å². The van der Waals surface area contributed by atoms with E-state index in [1.54, 1.807) is 6.26 Å². The maximum Gasteiger partial charge on any atom is 0.408 e. The number of carbonyl (C=O) groups excluding carboxylic acids is 2. The van der Waals surface area contributed by atoms with Gasteiger partial charge in [-0.3, -0.25) is 4.79 Å². The molecule has 0 bridgehead atoms. The number of benzene rings is 3. The SMILES string of the molecule is C[C@H](NC(=O)OCc1ccccc1)C(=O)N1Cc2c(c3ccccc3n2-c2ccc3occc3c2)CC1C(=O)O. The van der Waals surface area contributed by atoms with E-state index in [2.05, 4.69) is 9.88 Å². The molecule has 3 heterocycles. The highest BCUT2D eigenvalue weighted by Crippen LogP contribution is 2.36. The van der Waals surface area contributed by atoms with E-state index in [1.165, 1.54) is 11.8 Å². The predicted molar refractivity (Wildman–Crippen MR) is 148 cm³/mol. The zero-order chi connectivity index (χ0) is 27.8. The van der Waals surface area contributed by atoms with Crippen LogP contribution in [-0.4, -0.2) is 44.6 Å². The van der Waals surface area contributed by atoms with E-state index in [-0.39, 0.29) is 19.6 Å². The molecule has 0 saturated heterocycles. The van der Waals surface area contributed by atoms with Crippen molar-refractivity contribution in [1.82, 2.24) is 14.8 Å². The van der Waals surface area contributed by atoms with Crippen LogP contribution in [0.5, 0.6) is 0 Å². The van der Waals surface area contributed by atoms with E-state index >= 15 is 0 Å². The maximum absolute atomic E-state index is 13.6.